The van der Waals surface area contributed by atoms with Crippen molar-refractivity contribution in [1.82, 2.24) is 10.3 Å². The molecule has 0 aliphatic heterocycles. The zero-order valence-electron chi connectivity index (χ0n) is 12.0. The first-order chi connectivity index (χ1) is 10.6. The first-order valence-electron chi connectivity index (χ1n) is 6.75. The van der Waals surface area contributed by atoms with Gasteiger partial charge in [0.25, 0.3) is 0 Å². The molecular weight excluding hydrogens is 280 g/mol. The second kappa shape index (κ2) is 7.21. The Morgan fingerprint density at radius 1 is 1.18 bits per heavy atom. The van der Waals surface area contributed by atoms with Crippen molar-refractivity contribution in [2.75, 3.05) is 5.73 Å². The van der Waals surface area contributed by atoms with Crippen molar-refractivity contribution >= 4 is 17.6 Å². The number of carbonyl (C=O) groups is 2. The van der Waals surface area contributed by atoms with Crippen LogP contribution in [0.3, 0.4) is 0 Å². The standard InChI is InChI=1S/C16H17N4O2/c17-14-7-5-11(9-19-14)10-20-15(21)8-6-12-3-1-2-4-13(12)16(18)22/h1-5,7-9H,6,10H2,(H2,17,19)(H2,18,22)(H,20,21). The van der Waals surface area contributed by atoms with Gasteiger partial charge in [0.05, 0.1) is 6.42 Å². The van der Waals surface area contributed by atoms with Gasteiger partial charge in [0.1, 0.15) is 5.82 Å². The molecule has 0 saturated heterocycles. The maximum Gasteiger partial charge on any atom is 0.248 e. The predicted octanol–water partition coefficient (Wildman–Crippen LogP) is 0.826. The Bertz CT molecular complexity index is 668. The van der Waals surface area contributed by atoms with Gasteiger partial charge in [-0.1, -0.05) is 24.3 Å². The van der Waals surface area contributed by atoms with E-state index in [4.69, 9.17) is 11.5 Å². The molecule has 5 N–H and O–H groups in total. The fourth-order valence-corrected chi connectivity index (χ4v) is 1.94. The van der Waals surface area contributed by atoms with Gasteiger partial charge in [0.2, 0.25) is 11.8 Å². The van der Waals surface area contributed by atoms with Crippen LogP contribution in [0.15, 0.2) is 42.6 Å². The van der Waals surface area contributed by atoms with E-state index in [1.54, 1.807) is 42.6 Å². The smallest absolute Gasteiger partial charge is 0.248 e. The second-order valence-corrected chi connectivity index (χ2v) is 4.74. The second-order valence-electron chi connectivity index (χ2n) is 4.74. The molecule has 6 heteroatoms. The number of nitrogens with two attached hydrogens (primary N) is 2. The van der Waals surface area contributed by atoms with Crippen LogP contribution in [0, 0.1) is 6.42 Å². The van der Waals surface area contributed by atoms with E-state index < -0.39 is 5.91 Å². The first kappa shape index (κ1) is 15.5. The van der Waals surface area contributed by atoms with Gasteiger partial charge in [0, 0.05) is 18.3 Å². The van der Waals surface area contributed by atoms with E-state index in [1.165, 1.54) is 6.42 Å². The summed E-state index contributed by atoms with van der Waals surface area (Å²) in [5.41, 5.74) is 12.8. The number of primary amides is 1. The Morgan fingerprint density at radius 2 is 1.95 bits per heavy atom. The molecule has 0 atom stereocenters. The van der Waals surface area contributed by atoms with E-state index in [0.29, 0.717) is 24.3 Å². The molecule has 0 unspecified atom stereocenters. The number of aromatic nitrogens is 1. The van der Waals surface area contributed by atoms with Gasteiger partial charge >= 0.3 is 0 Å². The molecular formula is C16H17N4O2. The van der Waals surface area contributed by atoms with Crippen LogP contribution in [0.5, 0.6) is 0 Å². The average Bonchev–Trinajstić information content (AvgIpc) is 2.52. The van der Waals surface area contributed by atoms with Crippen LogP contribution >= 0.6 is 0 Å². The van der Waals surface area contributed by atoms with Gasteiger partial charge in [-0.15, -0.1) is 0 Å². The monoisotopic (exact) mass is 297 g/mol. The van der Waals surface area contributed by atoms with E-state index in [1.807, 2.05) is 0 Å². The summed E-state index contributed by atoms with van der Waals surface area (Å²) in [4.78, 5) is 27.1. The quantitative estimate of drug-likeness (QED) is 0.733. The van der Waals surface area contributed by atoms with Crippen molar-refractivity contribution < 1.29 is 9.59 Å². The van der Waals surface area contributed by atoms with Crippen molar-refractivity contribution in [2.24, 2.45) is 5.73 Å². The lowest BCUT2D eigenvalue weighted by molar-refractivity contribution is -0.118. The van der Waals surface area contributed by atoms with Gasteiger partial charge < -0.3 is 16.8 Å². The van der Waals surface area contributed by atoms with Crippen LogP contribution in [0.1, 0.15) is 21.5 Å². The minimum Gasteiger partial charge on any atom is -0.384 e. The highest BCUT2D eigenvalue weighted by Gasteiger charge is 2.09. The van der Waals surface area contributed by atoms with E-state index >= 15 is 0 Å². The molecule has 0 bridgehead atoms. The molecule has 1 heterocycles. The number of benzene rings is 1. The average molecular weight is 297 g/mol. The van der Waals surface area contributed by atoms with Crippen LogP contribution in [0.4, 0.5) is 5.82 Å². The summed E-state index contributed by atoms with van der Waals surface area (Å²) in [7, 11) is 0. The Morgan fingerprint density at radius 3 is 2.64 bits per heavy atom. The molecule has 0 saturated carbocycles. The van der Waals surface area contributed by atoms with E-state index in [9.17, 15) is 9.59 Å². The topological polar surface area (TPSA) is 111 Å². The number of nitrogens with one attached hydrogen (secondary N) is 1. The fourth-order valence-electron chi connectivity index (χ4n) is 1.94. The number of amides is 2. The third kappa shape index (κ3) is 4.31. The molecule has 22 heavy (non-hydrogen) atoms. The molecule has 1 aromatic heterocycles. The summed E-state index contributed by atoms with van der Waals surface area (Å²) in [6.45, 7) is 0.361. The molecule has 0 aliphatic carbocycles. The van der Waals surface area contributed by atoms with Gasteiger partial charge in [-0.25, -0.2) is 4.98 Å². The van der Waals surface area contributed by atoms with Crippen LogP contribution in [0.25, 0.3) is 0 Å². The summed E-state index contributed by atoms with van der Waals surface area (Å²) in [6.07, 6.45) is 3.43. The molecule has 0 aliphatic rings. The molecule has 6 nitrogen and oxygen atoms in total. The van der Waals surface area contributed by atoms with Gasteiger partial charge in [-0.3, -0.25) is 9.59 Å². The molecule has 2 aromatic rings. The highest BCUT2D eigenvalue weighted by Crippen LogP contribution is 2.10. The summed E-state index contributed by atoms with van der Waals surface area (Å²) in [5.74, 6) is -0.293. The Balaban J connectivity index is 1.85. The molecule has 2 rings (SSSR count). The van der Waals surface area contributed by atoms with Crippen molar-refractivity contribution in [1.29, 1.82) is 0 Å². The van der Waals surface area contributed by atoms with Gasteiger partial charge in [-0.05, 0) is 29.7 Å². The van der Waals surface area contributed by atoms with Gasteiger partial charge in [-0.2, -0.15) is 0 Å². The number of pyridine rings is 1. The minimum atomic E-state index is -0.502. The van der Waals surface area contributed by atoms with Gasteiger partial charge in [0.15, 0.2) is 0 Å². The Kier molecular flexibility index (Phi) is 5.08. The maximum absolute atomic E-state index is 11.8. The molecule has 113 valence electrons. The van der Waals surface area contributed by atoms with E-state index in [0.717, 1.165) is 11.1 Å². The SMILES string of the molecule is NC(=O)c1ccccc1C[CH]C(=O)NCc1ccc(N)nc1. The predicted molar refractivity (Wildman–Crippen MR) is 83.5 cm³/mol. The minimum absolute atomic E-state index is 0.226. The summed E-state index contributed by atoms with van der Waals surface area (Å²) >= 11 is 0. The highest BCUT2D eigenvalue weighted by atomic mass is 16.1. The largest absolute Gasteiger partial charge is 0.384 e. The van der Waals surface area contributed by atoms with E-state index in [2.05, 4.69) is 10.3 Å². The molecule has 1 radical (unpaired) electrons. The lowest BCUT2D eigenvalue weighted by atomic mass is 10.0. The number of nitrogen functional groups attached to an aromatic ring is 1. The number of nitrogens with zero attached hydrogens (tertiary/aromatic N) is 1. The normalized spacial score (nSPS) is 10.2. The van der Waals surface area contributed by atoms with Crippen LogP contribution < -0.4 is 16.8 Å². The van der Waals surface area contributed by atoms with Crippen LogP contribution in [-0.4, -0.2) is 16.8 Å². The van der Waals surface area contributed by atoms with Crippen LogP contribution in [0.2, 0.25) is 0 Å². The highest BCUT2D eigenvalue weighted by molar-refractivity contribution is 5.94. The maximum atomic E-state index is 11.8. The zero-order valence-corrected chi connectivity index (χ0v) is 12.0. The zero-order chi connectivity index (χ0) is 15.9. The molecule has 0 spiro atoms. The van der Waals surface area contributed by atoms with Crippen molar-refractivity contribution in [3.05, 3.63) is 65.7 Å². The first-order valence-corrected chi connectivity index (χ1v) is 6.75. The number of hydrogen-bond acceptors (Lipinski definition) is 4. The fraction of sp³-hybridized carbons (Fsp3) is 0.125. The summed E-state index contributed by atoms with van der Waals surface area (Å²) in [6, 6.07) is 10.4. The molecule has 2 amide bonds. The Hall–Kier alpha value is -2.89. The van der Waals surface area contributed by atoms with E-state index in [-0.39, 0.29) is 5.91 Å². The lowest BCUT2D eigenvalue weighted by Gasteiger charge is -2.07. The van der Waals surface area contributed by atoms with Crippen molar-refractivity contribution in [2.45, 2.75) is 13.0 Å². The number of carbonyl (C=O) groups excluding carboxylic acids is 2. The number of hydrogen-bond donors (Lipinski definition) is 3. The molecule has 0 fully saturated rings. The lowest BCUT2D eigenvalue weighted by Crippen LogP contribution is -2.24. The third-order valence-corrected chi connectivity index (χ3v) is 3.10. The summed E-state index contributed by atoms with van der Waals surface area (Å²) < 4.78 is 0. The van der Waals surface area contributed by atoms with Crippen molar-refractivity contribution in [3.8, 4) is 0 Å². The van der Waals surface area contributed by atoms with Crippen LogP contribution in [-0.2, 0) is 17.8 Å². The number of anilines is 1. The van der Waals surface area contributed by atoms with Crippen molar-refractivity contribution in [3.63, 3.8) is 0 Å². The summed E-state index contributed by atoms with van der Waals surface area (Å²) in [5, 5.41) is 2.75. The number of rotatable bonds is 6. The molecule has 1 aromatic carbocycles. The third-order valence-electron chi connectivity index (χ3n) is 3.10. The Labute approximate surface area is 128 Å².